The highest BCUT2D eigenvalue weighted by Gasteiger charge is 2.40. The fourth-order valence-electron chi connectivity index (χ4n) is 4.81. The topological polar surface area (TPSA) is 79.4 Å². The SMILES string of the molecule is O=C(NC(c1ccccc1)c1ccccn1)c1ccc2c(c1)C(=O)N(C1CCCCC1)C2=O. The van der Waals surface area contributed by atoms with Gasteiger partial charge in [-0.25, -0.2) is 0 Å². The Morgan fingerprint density at radius 3 is 2.33 bits per heavy atom. The first-order valence-corrected chi connectivity index (χ1v) is 11.4. The maximum atomic E-state index is 13.2. The van der Waals surface area contributed by atoms with Gasteiger partial charge in [-0.3, -0.25) is 24.3 Å². The van der Waals surface area contributed by atoms with Crippen LogP contribution < -0.4 is 5.32 Å². The van der Waals surface area contributed by atoms with Gasteiger partial charge < -0.3 is 5.32 Å². The number of hydrogen-bond acceptors (Lipinski definition) is 4. The van der Waals surface area contributed by atoms with Crippen LogP contribution >= 0.6 is 0 Å². The van der Waals surface area contributed by atoms with E-state index in [9.17, 15) is 14.4 Å². The van der Waals surface area contributed by atoms with E-state index >= 15 is 0 Å². The average Bonchev–Trinajstić information content (AvgIpc) is 3.13. The molecule has 3 amide bonds. The summed E-state index contributed by atoms with van der Waals surface area (Å²) >= 11 is 0. The summed E-state index contributed by atoms with van der Waals surface area (Å²) in [6.45, 7) is 0. The number of nitrogens with zero attached hydrogens (tertiary/aromatic N) is 2. The molecule has 33 heavy (non-hydrogen) atoms. The second kappa shape index (κ2) is 8.98. The molecule has 0 spiro atoms. The monoisotopic (exact) mass is 439 g/mol. The molecule has 0 bridgehead atoms. The smallest absolute Gasteiger partial charge is 0.261 e. The van der Waals surface area contributed by atoms with Gasteiger partial charge in [0.2, 0.25) is 0 Å². The van der Waals surface area contributed by atoms with Crippen LogP contribution in [0.25, 0.3) is 0 Å². The van der Waals surface area contributed by atoms with E-state index in [2.05, 4.69) is 10.3 Å². The van der Waals surface area contributed by atoms with Gasteiger partial charge in [-0.15, -0.1) is 0 Å². The summed E-state index contributed by atoms with van der Waals surface area (Å²) in [6, 6.07) is 19.5. The van der Waals surface area contributed by atoms with Crippen LogP contribution in [-0.4, -0.2) is 33.6 Å². The van der Waals surface area contributed by atoms with Crippen LogP contribution in [0.5, 0.6) is 0 Å². The van der Waals surface area contributed by atoms with E-state index in [1.165, 1.54) is 4.90 Å². The fourth-order valence-corrected chi connectivity index (χ4v) is 4.81. The molecule has 1 aromatic heterocycles. The van der Waals surface area contributed by atoms with Gasteiger partial charge in [0.15, 0.2) is 0 Å². The Bertz CT molecular complexity index is 1150. The maximum absolute atomic E-state index is 13.2. The molecule has 3 aromatic rings. The lowest BCUT2D eigenvalue weighted by molar-refractivity contribution is 0.0548. The average molecular weight is 440 g/mol. The minimum atomic E-state index is -0.441. The third kappa shape index (κ3) is 4.04. The Kier molecular flexibility index (Phi) is 5.73. The predicted octanol–water partition coefficient (Wildman–Crippen LogP) is 4.53. The number of fused-ring (bicyclic) bond motifs is 1. The van der Waals surface area contributed by atoms with Crippen LogP contribution in [0.4, 0.5) is 0 Å². The van der Waals surface area contributed by atoms with Crippen LogP contribution in [0.15, 0.2) is 72.9 Å². The summed E-state index contributed by atoms with van der Waals surface area (Å²) in [5, 5.41) is 3.05. The molecule has 0 radical (unpaired) electrons. The van der Waals surface area contributed by atoms with Gasteiger partial charge in [0.1, 0.15) is 0 Å². The first-order valence-electron chi connectivity index (χ1n) is 11.4. The van der Waals surface area contributed by atoms with Gasteiger partial charge in [0.25, 0.3) is 17.7 Å². The number of nitrogens with one attached hydrogen (secondary N) is 1. The highest BCUT2D eigenvalue weighted by atomic mass is 16.2. The quantitative estimate of drug-likeness (QED) is 0.593. The molecule has 5 rings (SSSR count). The van der Waals surface area contributed by atoms with Crippen LogP contribution in [0.1, 0.15) is 80.5 Å². The van der Waals surface area contributed by atoms with E-state index in [0.29, 0.717) is 22.4 Å². The Morgan fingerprint density at radius 1 is 0.879 bits per heavy atom. The predicted molar refractivity (Wildman–Crippen MR) is 124 cm³/mol. The largest absolute Gasteiger partial charge is 0.340 e. The third-order valence-electron chi connectivity index (χ3n) is 6.51. The molecular weight excluding hydrogens is 414 g/mol. The van der Waals surface area contributed by atoms with Crippen LogP contribution in [0.3, 0.4) is 0 Å². The summed E-state index contributed by atoms with van der Waals surface area (Å²) in [7, 11) is 0. The lowest BCUT2D eigenvalue weighted by Crippen LogP contribution is -2.40. The second-order valence-electron chi connectivity index (χ2n) is 8.60. The molecule has 2 aromatic carbocycles. The van der Waals surface area contributed by atoms with Crippen LogP contribution in [0.2, 0.25) is 0 Å². The summed E-state index contributed by atoms with van der Waals surface area (Å²) in [5.41, 5.74) is 2.66. The van der Waals surface area contributed by atoms with Crippen LogP contribution in [0, 0.1) is 0 Å². The maximum Gasteiger partial charge on any atom is 0.261 e. The highest BCUT2D eigenvalue weighted by molar-refractivity contribution is 6.22. The van der Waals surface area contributed by atoms with Crippen molar-refractivity contribution in [1.82, 2.24) is 15.2 Å². The van der Waals surface area contributed by atoms with E-state index < -0.39 is 6.04 Å². The zero-order chi connectivity index (χ0) is 22.8. The molecule has 1 atom stereocenters. The summed E-state index contributed by atoms with van der Waals surface area (Å²) < 4.78 is 0. The van der Waals surface area contributed by atoms with Crippen molar-refractivity contribution in [1.29, 1.82) is 0 Å². The highest BCUT2D eigenvalue weighted by Crippen LogP contribution is 2.31. The Hall–Kier alpha value is -3.80. The first kappa shape index (κ1) is 21.1. The molecule has 2 aliphatic rings. The van der Waals surface area contributed by atoms with Gasteiger partial charge in [-0.1, -0.05) is 55.7 Å². The molecule has 1 unspecified atom stereocenters. The van der Waals surface area contributed by atoms with Crippen molar-refractivity contribution >= 4 is 17.7 Å². The van der Waals surface area contributed by atoms with Crippen molar-refractivity contribution in [2.75, 3.05) is 0 Å². The summed E-state index contributed by atoms with van der Waals surface area (Å²) in [4.78, 5) is 45.1. The normalized spacial score (nSPS) is 17.0. The van der Waals surface area contributed by atoms with E-state index in [-0.39, 0.29) is 23.8 Å². The number of pyridine rings is 1. The number of imide groups is 1. The molecule has 1 fully saturated rings. The zero-order valence-electron chi connectivity index (χ0n) is 18.2. The Labute approximate surface area is 192 Å². The van der Waals surface area contributed by atoms with Crippen molar-refractivity contribution in [3.05, 3.63) is 101 Å². The minimum Gasteiger partial charge on any atom is -0.340 e. The van der Waals surface area contributed by atoms with Gasteiger partial charge >= 0.3 is 0 Å². The summed E-state index contributed by atoms with van der Waals surface area (Å²) in [5.74, 6) is -0.862. The Morgan fingerprint density at radius 2 is 1.61 bits per heavy atom. The van der Waals surface area contributed by atoms with Gasteiger partial charge in [0, 0.05) is 17.8 Å². The second-order valence-corrected chi connectivity index (χ2v) is 8.60. The van der Waals surface area contributed by atoms with Crippen molar-refractivity contribution in [3.8, 4) is 0 Å². The molecule has 1 saturated carbocycles. The minimum absolute atomic E-state index is 0.0463. The molecule has 2 heterocycles. The van der Waals surface area contributed by atoms with E-state index in [1.807, 2.05) is 48.5 Å². The van der Waals surface area contributed by atoms with E-state index in [0.717, 1.165) is 37.7 Å². The Balaban J connectivity index is 1.41. The summed E-state index contributed by atoms with van der Waals surface area (Å²) in [6.07, 6.45) is 6.59. The number of aromatic nitrogens is 1. The molecule has 6 heteroatoms. The fraction of sp³-hybridized carbons (Fsp3) is 0.259. The molecule has 0 saturated heterocycles. The number of benzene rings is 2. The molecule has 1 aliphatic heterocycles. The lowest BCUT2D eigenvalue weighted by Gasteiger charge is -2.29. The van der Waals surface area contributed by atoms with Crippen molar-refractivity contribution < 1.29 is 14.4 Å². The molecule has 1 aliphatic carbocycles. The van der Waals surface area contributed by atoms with E-state index in [4.69, 9.17) is 0 Å². The number of carbonyl (C=O) groups excluding carboxylic acids is 3. The molecule has 166 valence electrons. The van der Waals surface area contributed by atoms with Gasteiger partial charge in [-0.05, 0) is 48.7 Å². The third-order valence-corrected chi connectivity index (χ3v) is 6.51. The first-order chi connectivity index (χ1) is 16.1. The number of rotatable bonds is 5. The van der Waals surface area contributed by atoms with E-state index in [1.54, 1.807) is 24.4 Å². The zero-order valence-corrected chi connectivity index (χ0v) is 18.2. The number of hydrogen-bond donors (Lipinski definition) is 1. The van der Waals surface area contributed by atoms with Crippen molar-refractivity contribution in [2.45, 2.75) is 44.2 Å². The van der Waals surface area contributed by atoms with Crippen LogP contribution in [-0.2, 0) is 0 Å². The van der Waals surface area contributed by atoms with Crippen molar-refractivity contribution in [2.24, 2.45) is 0 Å². The van der Waals surface area contributed by atoms with Crippen molar-refractivity contribution in [3.63, 3.8) is 0 Å². The molecule has 6 nitrogen and oxygen atoms in total. The lowest BCUT2D eigenvalue weighted by atomic mass is 9.94. The molecular formula is C27H25N3O3. The standard InChI is InChI=1S/C27H25N3O3/c31-25(29-24(18-9-3-1-4-10-18)23-13-7-8-16-28-23)19-14-15-21-22(17-19)27(33)30(26(21)32)20-11-5-2-6-12-20/h1,3-4,7-10,13-17,20,24H,2,5-6,11-12H2,(H,29,31). The van der Waals surface area contributed by atoms with Gasteiger partial charge in [-0.2, -0.15) is 0 Å². The number of carbonyl (C=O) groups is 3. The molecule has 1 N–H and O–H groups in total. The van der Waals surface area contributed by atoms with Gasteiger partial charge in [0.05, 0.1) is 22.9 Å². The number of amides is 3.